The zero-order valence-corrected chi connectivity index (χ0v) is 11.9. The van der Waals surface area contributed by atoms with E-state index in [1.165, 1.54) is 12.3 Å². The molecule has 1 aromatic carbocycles. The standard InChI is InChI=1S/C16H17FN4/c1-12-4-6-21(7-5-12)16-3-2-14(8-15(16)17)20-11-13(9-18)10-19/h2-3,8,11-12,20H,4-7H2,1H3. The van der Waals surface area contributed by atoms with Gasteiger partial charge in [0, 0.05) is 25.0 Å². The molecule has 1 aliphatic rings. The van der Waals surface area contributed by atoms with E-state index in [-0.39, 0.29) is 11.4 Å². The van der Waals surface area contributed by atoms with E-state index in [1.807, 2.05) is 0 Å². The fourth-order valence-electron chi connectivity index (χ4n) is 2.35. The van der Waals surface area contributed by atoms with E-state index in [1.54, 1.807) is 24.3 Å². The molecule has 0 bridgehead atoms. The summed E-state index contributed by atoms with van der Waals surface area (Å²) < 4.78 is 14.2. The van der Waals surface area contributed by atoms with E-state index < -0.39 is 0 Å². The van der Waals surface area contributed by atoms with Crippen molar-refractivity contribution in [2.75, 3.05) is 23.3 Å². The minimum Gasteiger partial charge on any atom is -0.369 e. The van der Waals surface area contributed by atoms with Gasteiger partial charge in [-0.15, -0.1) is 0 Å². The minimum atomic E-state index is -0.293. The predicted octanol–water partition coefficient (Wildman–Crippen LogP) is 3.40. The van der Waals surface area contributed by atoms with Gasteiger partial charge in [-0.2, -0.15) is 10.5 Å². The average molecular weight is 284 g/mol. The summed E-state index contributed by atoms with van der Waals surface area (Å²) in [6.45, 7) is 3.96. The number of nitriles is 2. The fraction of sp³-hybridized carbons (Fsp3) is 0.375. The van der Waals surface area contributed by atoms with Gasteiger partial charge < -0.3 is 10.2 Å². The summed E-state index contributed by atoms with van der Waals surface area (Å²) >= 11 is 0. The van der Waals surface area contributed by atoms with Crippen molar-refractivity contribution in [1.29, 1.82) is 10.5 Å². The maximum absolute atomic E-state index is 14.2. The zero-order valence-electron chi connectivity index (χ0n) is 11.9. The van der Waals surface area contributed by atoms with Crippen molar-refractivity contribution in [1.82, 2.24) is 0 Å². The van der Waals surface area contributed by atoms with Crippen LogP contribution in [0.15, 0.2) is 30.0 Å². The first-order valence-corrected chi connectivity index (χ1v) is 6.95. The first-order valence-electron chi connectivity index (χ1n) is 6.95. The van der Waals surface area contributed by atoms with Gasteiger partial charge in [0.15, 0.2) is 0 Å². The topological polar surface area (TPSA) is 62.9 Å². The lowest BCUT2D eigenvalue weighted by Crippen LogP contribution is -2.33. The summed E-state index contributed by atoms with van der Waals surface area (Å²) in [6, 6.07) is 8.35. The summed E-state index contributed by atoms with van der Waals surface area (Å²) in [5.41, 5.74) is 1.08. The minimum absolute atomic E-state index is 0.0514. The Morgan fingerprint density at radius 2 is 2.00 bits per heavy atom. The lowest BCUT2D eigenvalue weighted by Gasteiger charge is -2.32. The van der Waals surface area contributed by atoms with Gasteiger partial charge in [0.2, 0.25) is 0 Å². The van der Waals surface area contributed by atoms with E-state index in [2.05, 4.69) is 17.1 Å². The maximum Gasteiger partial charge on any atom is 0.148 e. The smallest absolute Gasteiger partial charge is 0.148 e. The normalized spacial score (nSPS) is 15.0. The zero-order chi connectivity index (χ0) is 15.2. The molecule has 1 aliphatic heterocycles. The Hall–Kier alpha value is -2.53. The molecule has 21 heavy (non-hydrogen) atoms. The fourth-order valence-corrected chi connectivity index (χ4v) is 2.35. The second-order valence-corrected chi connectivity index (χ2v) is 5.26. The van der Waals surface area contributed by atoms with Crippen LogP contribution in [-0.2, 0) is 0 Å². The summed E-state index contributed by atoms with van der Waals surface area (Å²) in [4.78, 5) is 2.06. The monoisotopic (exact) mass is 284 g/mol. The third-order valence-corrected chi connectivity index (χ3v) is 3.70. The van der Waals surface area contributed by atoms with Gasteiger partial charge in [0.05, 0.1) is 5.69 Å². The quantitative estimate of drug-likeness (QED) is 0.864. The molecule has 0 radical (unpaired) electrons. The molecule has 0 aliphatic carbocycles. The van der Waals surface area contributed by atoms with Gasteiger partial charge in [0.25, 0.3) is 0 Å². The molecule has 0 unspecified atom stereocenters. The average Bonchev–Trinajstić information content (AvgIpc) is 2.49. The summed E-state index contributed by atoms with van der Waals surface area (Å²) in [6.07, 6.45) is 3.43. The number of benzene rings is 1. The van der Waals surface area contributed by atoms with Gasteiger partial charge in [0.1, 0.15) is 23.5 Å². The van der Waals surface area contributed by atoms with Crippen LogP contribution >= 0.6 is 0 Å². The summed E-state index contributed by atoms with van der Waals surface area (Å²) in [5.74, 6) is 0.407. The highest BCUT2D eigenvalue weighted by Gasteiger charge is 2.18. The molecular formula is C16H17FN4. The molecule has 0 atom stereocenters. The van der Waals surface area contributed by atoms with Crippen LogP contribution < -0.4 is 10.2 Å². The van der Waals surface area contributed by atoms with E-state index in [9.17, 15) is 4.39 Å². The number of allylic oxidation sites excluding steroid dienone is 1. The molecule has 1 fully saturated rings. The van der Waals surface area contributed by atoms with Crippen LogP contribution in [0, 0.1) is 34.4 Å². The molecule has 0 saturated carbocycles. The summed E-state index contributed by atoms with van der Waals surface area (Å²) in [7, 11) is 0. The Morgan fingerprint density at radius 1 is 1.33 bits per heavy atom. The Balaban J connectivity index is 2.10. The molecule has 108 valence electrons. The van der Waals surface area contributed by atoms with Gasteiger partial charge in [-0.1, -0.05) is 6.92 Å². The van der Waals surface area contributed by atoms with Gasteiger partial charge >= 0.3 is 0 Å². The molecule has 1 heterocycles. The van der Waals surface area contributed by atoms with Crippen LogP contribution in [0.5, 0.6) is 0 Å². The highest BCUT2D eigenvalue weighted by Crippen LogP contribution is 2.27. The van der Waals surface area contributed by atoms with Crippen LogP contribution in [0.25, 0.3) is 0 Å². The van der Waals surface area contributed by atoms with E-state index in [4.69, 9.17) is 10.5 Å². The van der Waals surface area contributed by atoms with Gasteiger partial charge in [-0.3, -0.25) is 0 Å². The van der Waals surface area contributed by atoms with Crippen molar-refractivity contribution in [3.63, 3.8) is 0 Å². The number of anilines is 2. The van der Waals surface area contributed by atoms with Crippen molar-refractivity contribution in [3.8, 4) is 12.1 Å². The van der Waals surface area contributed by atoms with Crippen molar-refractivity contribution in [2.24, 2.45) is 5.92 Å². The Kier molecular flexibility index (Phi) is 4.79. The lowest BCUT2D eigenvalue weighted by molar-refractivity contribution is 0.434. The third kappa shape index (κ3) is 3.73. The van der Waals surface area contributed by atoms with E-state index >= 15 is 0 Å². The SMILES string of the molecule is CC1CCN(c2ccc(NC=C(C#N)C#N)cc2F)CC1. The van der Waals surface area contributed by atoms with Crippen molar-refractivity contribution in [2.45, 2.75) is 19.8 Å². The van der Waals surface area contributed by atoms with Crippen LogP contribution in [-0.4, -0.2) is 13.1 Å². The van der Waals surface area contributed by atoms with Crippen LogP contribution in [0.2, 0.25) is 0 Å². The molecule has 0 amide bonds. The number of piperidine rings is 1. The van der Waals surface area contributed by atoms with Crippen LogP contribution in [0.4, 0.5) is 15.8 Å². The number of nitrogens with one attached hydrogen (secondary N) is 1. The summed E-state index contributed by atoms with van der Waals surface area (Å²) in [5, 5.41) is 20.0. The highest BCUT2D eigenvalue weighted by atomic mass is 19.1. The number of halogens is 1. The number of hydrogen-bond acceptors (Lipinski definition) is 4. The van der Waals surface area contributed by atoms with Crippen LogP contribution in [0.3, 0.4) is 0 Å². The van der Waals surface area contributed by atoms with E-state index in [0.717, 1.165) is 25.9 Å². The van der Waals surface area contributed by atoms with Crippen molar-refractivity contribution >= 4 is 11.4 Å². The number of nitrogens with zero attached hydrogens (tertiary/aromatic N) is 3. The van der Waals surface area contributed by atoms with Crippen molar-refractivity contribution in [3.05, 3.63) is 35.8 Å². The highest BCUT2D eigenvalue weighted by molar-refractivity contribution is 5.58. The van der Waals surface area contributed by atoms with Gasteiger partial charge in [-0.05, 0) is 37.0 Å². The first kappa shape index (κ1) is 14.9. The first-order chi connectivity index (χ1) is 10.1. The molecule has 0 aromatic heterocycles. The van der Waals surface area contributed by atoms with Crippen LogP contribution in [0.1, 0.15) is 19.8 Å². The largest absolute Gasteiger partial charge is 0.369 e. The molecule has 2 rings (SSSR count). The molecular weight excluding hydrogens is 267 g/mol. The number of hydrogen-bond donors (Lipinski definition) is 1. The van der Waals surface area contributed by atoms with E-state index in [0.29, 0.717) is 17.3 Å². The van der Waals surface area contributed by atoms with Crippen molar-refractivity contribution < 1.29 is 4.39 Å². The molecule has 0 spiro atoms. The second-order valence-electron chi connectivity index (χ2n) is 5.26. The van der Waals surface area contributed by atoms with Gasteiger partial charge in [-0.25, -0.2) is 4.39 Å². The number of rotatable bonds is 3. The Labute approximate surface area is 124 Å². The predicted molar refractivity (Wildman–Crippen MR) is 79.9 cm³/mol. The molecule has 1 saturated heterocycles. The second kappa shape index (κ2) is 6.76. The molecule has 1 N–H and O–H groups in total. The molecule has 4 nitrogen and oxygen atoms in total. The molecule has 1 aromatic rings. The molecule has 5 heteroatoms. The Morgan fingerprint density at radius 3 is 2.57 bits per heavy atom. The Bertz CT molecular complexity index is 600. The lowest BCUT2D eigenvalue weighted by atomic mass is 9.99. The maximum atomic E-state index is 14.2. The third-order valence-electron chi connectivity index (χ3n) is 3.70.